The molecule has 0 aromatic carbocycles. The summed E-state index contributed by atoms with van der Waals surface area (Å²) in [7, 11) is 4.04. The number of carbonyl (C=O) groups excluding carboxylic acids is 1. The minimum Gasteiger partial charge on any atom is -0.338 e. The molecule has 0 aromatic rings. The van der Waals surface area contributed by atoms with Gasteiger partial charge in [-0.1, -0.05) is 0 Å². The van der Waals surface area contributed by atoms with Gasteiger partial charge in [-0.15, -0.1) is 0 Å². The molecule has 2 aliphatic rings. The third-order valence-electron chi connectivity index (χ3n) is 4.25. The van der Waals surface area contributed by atoms with Crippen LogP contribution in [-0.2, 0) is 4.79 Å². The van der Waals surface area contributed by atoms with Gasteiger partial charge >= 0.3 is 0 Å². The van der Waals surface area contributed by atoms with E-state index in [2.05, 4.69) is 22.2 Å². The van der Waals surface area contributed by atoms with E-state index < -0.39 is 0 Å². The molecule has 1 atom stereocenters. The first-order valence-corrected chi connectivity index (χ1v) is 6.85. The highest BCUT2D eigenvalue weighted by molar-refractivity contribution is 5.78. The molecular weight excluding hydrogens is 214 g/mol. The Morgan fingerprint density at radius 2 is 1.94 bits per heavy atom. The van der Waals surface area contributed by atoms with Crippen molar-refractivity contribution in [3.8, 4) is 0 Å². The molecule has 0 radical (unpaired) electrons. The van der Waals surface area contributed by atoms with Crippen LogP contribution in [0.15, 0.2) is 0 Å². The van der Waals surface area contributed by atoms with Crippen LogP contribution in [0, 0.1) is 5.92 Å². The number of nitrogens with zero attached hydrogens (tertiary/aromatic N) is 2. The molecule has 0 bridgehead atoms. The van der Waals surface area contributed by atoms with E-state index in [1.54, 1.807) is 0 Å². The zero-order chi connectivity index (χ0) is 12.3. The predicted molar refractivity (Wildman–Crippen MR) is 68.9 cm³/mol. The molecule has 2 saturated heterocycles. The Bertz CT molecular complexity index is 261. The van der Waals surface area contributed by atoms with Crippen LogP contribution in [0.4, 0.5) is 0 Å². The summed E-state index contributed by atoms with van der Waals surface area (Å²) in [6, 6.07) is 0.518. The summed E-state index contributed by atoms with van der Waals surface area (Å²) in [6.07, 6.45) is 4.91. The maximum absolute atomic E-state index is 12.0. The molecule has 17 heavy (non-hydrogen) atoms. The van der Waals surface area contributed by atoms with Gasteiger partial charge in [-0.05, 0) is 58.8 Å². The van der Waals surface area contributed by atoms with E-state index in [1.807, 2.05) is 7.05 Å². The average molecular weight is 239 g/mol. The molecule has 0 spiro atoms. The van der Waals surface area contributed by atoms with Crippen molar-refractivity contribution < 1.29 is 4.79 Å². The van der Waals surface area contributed by atoms with Crippen molar-refractivity contribution in [3.63, 3.8) is 0 Å². The number of piperidine rings is 1. The summed E-state index contributed by atoms with van der Waals surface area (Å²) in [6.45, 7) is 3.84. The summed E-state index contributed by atoms with van der Waals surface area (Å²) in [5.41, 5.74) is 0. The molecule has 0 saturated carbocycles. The molecule has 4 nitrogen and oxygen atoms in total. The smallest absolute Gasteiger partial charge is 0.236 e. The second-order valence-corrected chi connectivity index (χ2v) is 5.47. The molecule has 4 heteroatoms. The van der Waals surface area contributed by atoms with Crippen molar-refractivity contribution in [2.24, 2.45) is 5.92 Å². The lowest BCUT2D eigenvalue weighted by Gasteiger charge is -2.37. The van der Waals surface area contributed by atoms with Gasteiger partial charge in [0.1, 0.15) is 0 Å². The number of rotatable bonds is 3. The number of hydrogen-bond donors (Lipinski definition) is 1. The second-order valence-electron chi connectivity index (χ2n) is 5.47. The second kappa shape index (κ2) is 5.83. The lowest BCUT2D eigenvalue weighted by Crippen LogP contribution is -2.46. The van der Waals surface area contributed by atoms with E-state index in [0.717, 1.165) is 12.5 Å². The quantitative estimate of drug-likeness (QED) is 0.781. The van der Waals surface area contributed by atoms with Gasteiger partial charge in [-0.25, -0.2) is 0 Å². The molecule has 2 fully saturated rings. The highest BCUT2D eigenvalue weighted by Crippen LogP contribution is 2.30. The highest BCUT2D eigenvalue weighted by atomic mass is 16.2. The Balaban J connectivity index is 1.92. The fourth-order valence-corrected chi connectivity index (χ4v) is 3.26. The lowest BCUT2D eigenvalue weighted by atomic mass is 9.88. The van der Waals surface area contributed by atoms with Gasteiger partial charge in [0.25, 0.3) is 0 Å². The molecular formula is C13H25N3O. The van der Waals surface area contributed by atoms with Gasteiger partial charge in [-0.3, -0.25) is 4.79 Å². The number of carbonyl (C=O) groups is 1. The summed E-state index contributed by atoms with van der Waals surface area (Å²) >= 11 is 0. The van der Waals surface area contributed by atoms with Crippen molar-refractivity contribution in [1.82, 2.24) is 15.1 Å². The third kappa shape index (κ3) is 2.99. The summed E-state index contributed by atoms with van der Waals surface area (Å²) in [5.74, 6) is 1.02. The lowest BCUT2D eigenvalue weighted by molar-refractivity contribution is -0.132. The van der Waals surface area contributed by atoms with Crippen LogP contribution in [0.3, 0.4) is 0 Å². The van der Waals surface area contributed by atoms with Crippen molar-refractivity contribution >= 4 is 5.91 Å². The number of likely N-dealkylation sites (N-methyl/N-ethyl adjacent to an activating group) is 1. The van der Waals surface area contributed by atoms with E-state index in [1.165, 1.54) is 38.8 Å². The standard InChI is InChI=1S/C13H25N3O/c1-14-10-13(17)16-7-3-4-12(16)11-5-8-15(2)9-6-11/h11-12,14H,3-10H2,1-2H3. The summed E-state index contributed by atoms with van der Waals surface area (Å²) in [5, 5.41) is 2.98. The van der Waals surface area contributed by atoms with E-state index in [9.17, 15) is 4.79 Å². The van der Waals surface area contributed by atoms with Crippen LogP contribution in [-0.4, -0.2) is 62.0 Å². The van der Waals surface area contributed by atoms with Crippen LogP contribution >= 0.6 is 0 Å². The molecule has 0 aromatic heterocycles. The largest absolute Gasteiger partial charge is 0.338 e. The highest BCUT2D eigenvalue weighted by Gasteiger charge is 2.35. The Morgan fingerprint density at radius 3 is 2.59 bits per heavy atom. The molecule has 2 rings (SSSR count). The minimum atomic E-state index is 0.286. The maximum atomic E-state index is 12.0. The van der Waals surface area contributed by atoms with Crippen molar-refractivity contribution in [3.05, 3.63) is 0 Å². The van der Waals surface area contributed by atoms with Crippen molar-refractivity contribution in [2.75, 3.05) is 40.3 Å². The number of likely N-dealkylation sites (tertiary alicyclic amines) is 2. The van der Waals surface area contributed by atoms with Crippen LogP contribution < -0.4 is 5.32 Å². The van der Waals surface area contributed by atoms with Gasteiger partial charge in [0.15, 0.2) is 0 Å². The Kier molecular flexibility index (Phi) is 4.40. The molecule has 2 aliphatic heterocycles. The topological polar surface area (TPSA) is 35.6 Å². The average Bonchev–Trinajstić information content (AvgIpc) is 2.79. The molecule has 1 amide bonds. The van der Waals surface area contributed by atoms with Crippen LogP contribution in [0.1, 0.15) is 25.7 Å². The third-order valence-corrected chi connectivity index (χ3v) is 4.25. The summed E-state index contributed by atoms with van der Waals surface area (Å²) in [4.78, 5) is 16.5. The van der Waals surface area contributed by atoms with Gasteiger partial charge in [0.2, 0.25) is 5.91 Å². The number of hydrogen-bond acceptors (Lipinski definition) is 3. The zero-order valence-corrected chi connectivity index (χ0v) is 11.1. The van der Waals surface area contributed by atoms with Crippen LogP contribution in [0.2, 0.25) is 0 Å². The predicted octanol–water partition coefficient (Wildman–Crippen LogP) is 0.539. The monoisotopic (exact) mass is 239 g/mol. The summed E-state index contributed by atoms with van der Waals surface area (Å²) < 4.78 is 0. The van der Waals surface area contributed by atoms with Gasteiger partial charge in [0, 0.05) is 12.6 Å². The van der Waals surface area contributed by atoms with E-state index >= 15 is 0 Å². The van der Waals surface area contributed by atoms with Gasteiger partial charge in [0.05, 0.1) is 6.54 Å². The van der Waals surface area contributed by atoms with Crippen molar-refractivity contribution in [1.29, 1.82) is 0 Å². The Hall–Kier alpha value is -0.610. The molecule has 2 heterocycles. The normalized spacial score (nSPS) is 27.6. The first-order valence-electron chi connectivity index (χ1n) is 6.85. The molecule has 1 N–H and O–H groups in total. The maximum Gasteiger partial charge on any atom is 0.236 e. The Morgan fingerprint density at radius 1 is 1.24 bits per heavy atom. The molecule has 0 aliphatic carbocycles. The van der Waals surface area contributed by atoms with E-state index in [4.69, 9.17) is 0 Å². The van der Waals surface area contributed by atoms with E-state index in [0.29, 0.717) is 12.6 Å². The zero-order valence-electron chi connectivity index (χ0n) is 11.1. The molecule has 98 valence electrons. The number of amides is 1. The fourth-order valence-electron chi connectivity index (χ4n) is 3.26. The number of nitrogens with one attached hydrogen (secondary N) is 1. The van der Waals surface area contributed by atoms with Gasteiger partial charge < -0.3 is 15.1 Å². The fraction of sp³-hybridized carbons (Fsp3) is 0.923. The SMILES string of the molecule is CNCC(=O)N1CCCC1C1CCN(C)CC1. The molecule has 1 unspecified atom stereocenters. The first kappa shape index (κ1) is 12.8. The Labute approximate surface area is 104 Å². The van der Waals surface area contributed by atoms with Crippen molar-refractivity contribution in [2.45, 2.75) is 31.7 Å². The van der Waals surface area contributed by atoms with E-state index in [-0.39, 0.29) is 5.91 Å². The van der Waals surface area contributed by atoms with Crippen LogP contribution in [0.25, 0.3) is 0 Å². The minimum absolute atomic E-state index is 0.286. The van der Waals surface area contributed by atoms with Gasteiger partial charge in [-0.2, -0.15) is 0 Å². The van der Waals surface area contributed by atoms with Crippen LogP contribution in [0.5, 0.6) is 0 Å². The first-order chi connectivity index (χ1) is 8.22.